The van der Waals surface area contributed by atoms with Crippen molar-refractivity contribution in [2.45, 2.75) is 12.5 Å². The number of hydrogen-bond acceptors (Lipinski definition) is 5. The van der Waals surface area contributed by atoms with Gasteiger partial charge in [-0.3, -0.25) is 14.6 Å². The van der Waals surface area contributed by atoms with Gasteiger partial charge in [-0.25, -0.2) is 4.98 Å². The van der Waals surface area contributed by atoms with Gasteiger partial charge in [0.2, 0.25) is 5.91 Å². The van der Waals surface area contributed by atoms with E-state index in [0.29, 0.717) is 22.3 Å². The summed E-state index contributed by atoms with van der Waals surface area (Å²) < 4.78 is 0. The van der Waals surface area contributed by atoms with Gasteiger partial charge in [0, 0.05) is 18.2 Å². The van der Waals surface area contributed by atoms with Gasteiger partial charge in [0.1, 0.15) is 6.04 Å². The normalized spacial score (nSPS) is 11.5. The van der Waals surface area contributed by atoms with Crippen molar-refractivity contribution in [3.8, 4) is 6.07 Å². The molecule has 0 saturated carbocycles. The molecule has 3 N–H and O–H groups in total. The third kappa shape index (κ3) is 3.82. The Hall–Kier alpha value is -3.79. The Kier molecular flexibility index (Phi) is 4.85. The topological polar surface area (TPSA) is 122 Å². The highest BCUT2D eigenvalue weighted by atomic mass is 16.2. The number of fused-ring (bicyclic) bond motifs is 1. The molecular formula is C19H15N5O2. The van der Waals surface area contributed by atoms with E-state index in [1.807, 2.05) is 30.3 Å². The maximum absolute atomic E-state index is 12.3. The van der Waals surface area contributed by atoms with Crippen molar-refractivity contribution >= 4 is 22.8 Å². The first-order valence-corrected chi connectivity index (χ1v) is 7.88. The lowest BCUT2D eigenvalue weighted by Crippen LogP contribution is -2.46. The van der Waals surface area contributed by atoms with Crippen LogP contribution in [0.15, 0.2) is 54.7 Å². The first kappa shape index (κ1) is 17.0. The first-order valence-electron chi connectivity index (χ1n) is 7.88. The number of carbonyl (C=O) groups is 2. The minimum Gasteiger partial charge on any atom is -0.368 e. The van der Waals surface area contributed by atoms with E-state index in [4.69, 9.17) is 11.0 Å². The third-order valence-corrected chi connectivity index (χ3v) is 3.84. The second-order valence-corrected chi connectivity index (χ2v) is 5.67. The highest BCUT2D eigenvalue weighted by Crippen LogP contribution is 2.10. The number of primary amides is 1. The molecule has 128 valence electrons. The highest BCUT2D eigenvalue weighted by Gasteiger charge is 2.20. The number of rotatable bonds is 5. The van der Waals surface area contributed by atoms with Crippen molar-refractivity contribution in [2.75, 3.05) is 0 Å². The first-order chi connectivity index (χ1) is 12.6. The molecule has 0 unspecified atom stereocenters. The Morgan fingerprint density at radius 2 is 1.81 bits per heavy atom. The van der Waals surface area contributed by atoms with Crippen LogP contribution in [0.25, 0.3) is 11.0 Å². The third-order valence-electron chi connectivity index (χ3n) is 3.84. The zero-order valence-electron chi connectivity index (χ0n) is 13.7. The number of nitriles is 1. The lowest BCUT2D eigenvalue weighted by Gasteiger charge is -2.15. The van der Waals surface area contributed by atoms with E-state index in [9.17, 15) is 9.59 Å². The van der Waals surface area contributed by atoms with Crippen molar-refractivity contribution in [3.63, 3.8) is 0 Å². The van der Waals surface area contributed by atoms with Crippen molar-refractivity contribution in [3.05, 3.63) is 71.5 Å². The summed E-state index contributed by atoms with van der Waals surface area (Å²) in [6.07, 6.45) is 1.70. The molecule has 7 heteroatoms. The maximum atomic E-state index is 12.3. The summed E-state index contributed by atoms with van der Waals surface area (Å²) in [5.74, 6) is -1.12. The largest absolute Gasteiger partial charge is 0.368 e. The molecule has 1 aromatic heterocycles. The second kappa shape index (κ2) is 7.40. The summed E-state index contributed by atoms with van der Waals surface area (Å²) in [4.78, 5) is 32.8. The van der Waals surface area contributed by atoms with Crippen LogP contribution >= 0.6 is 0 Å². The average molecular weight is 345 g/mol. The molecule has 3 aromatic rings. The number of aromatic nitrogens is 2. The van der Waals surface area contributed by atoms with Crippen LogP contribution in [0.2, 0.25) is 0 Å². The molecule has 0 bridgehead atoms. The Balaban J connectivity index is 1.76. The zero-order chi connectivity index (χ0) is 18.5. The second-order valence-electron chi connectivity index (χ2n) is 5.67. The maximum Gasteiger partial charge on any atom is 0.251 e. The summed E-state index contributed by atoms with van der Waals surface area (Å²) in [7, 11) is 0. The fraction of sp³-hybridized carbons (Fsp3) is 0.105. The van der Waals surface area contributed by atoms with Gasteiger partial charge in [-0.2, -0.15) is 5.26 Å². The molecule has 3 rings (SSSR count). The summed E-state index contributed by atoms with van der Waals surface area (Å²) >= 11 is 0. The highest BCUT2D eigenvalue weighted by molar-refractivity contribution is 5.97. The SMILES string of the molecule is N#Cc1ccc(C(=O)N[C@@H](Cc2cnc3ccccc3n2)C(N)=O)cc1. The number of nitrogens with one attached hydrogen (secondary N) is 1. The summed E-state index contributed by atoms with van der Waals surface area (Å²) in [5, 5.41) is 11.4. The Morgan fingerprint density at radius 1 is 1.12 bits per heavy atom. The van der Waals surface area contributed by atoms with Crippen molar-refractivity contribution in [1.82, 2.24) is 15.3 Å². The van der Waals surface area contributed by atoms with E-state index in [2.05, 4.69) is 15.3 Å². The van der Waals surface area contributed by atoms with Crippen LogP contribution in [-0.2, 0) is 11.2 Å². The van der Waals surface area contributed by atoms with Crippen molar-refractivity contribution < 1.29 is 9.59 Å². The van der Waals surface area contributed by atoms with Crippen LogP contribution in [0, 0.1) is 11.3 Å². The Bertz CT molecular complexity index is 1010. The molecule has 0 aliphatic rings. The van der Waals surface area contributed by atoms with Gasteiger partial charge in [-0.15, -0.1) is 0 Å². The van der Waals surface area contributed by atoms with E-state index < -0.39 is 17.9 Å². The molecule has 0 aliphatic carbocycles. The molecule has 26 heavy (non-hydrogen) atoms. The Morgan fingerprint density at radius 3 is 2.46 bits per heavy atom. The van der Waals surface area contributed by atoms with Gasteiger partial charge in [0.15, 0.2) is 0 Å². The Labute approximate surface area is 149 Å². The number of carbonyl (C=O) groups excluding carboxylic acids is 2. The molecule has 2 amide bonds. The van der Waals surface area contributed by atoms with Crippen LogP contribution in [0.1, 0.15) is 21.6 Å². The summed E-state index contributed by atoms with van der Waals surface area (Å²) in [6, 6.07) is 14.5. The predicted molar refractivity (Wildman–Crippen MR) is 94.8 cm³/mol. The molecule has 1 atom stereocenters. The quantitative estimate of drug-likeness (QED) is 0.722. The fourth-order valence-corrected chi connectivity index (χ4v) is 2.46. The standard InChI is InChI=1S/C19H15N5O2/c20-10-12-5-7-13(8-6-12)19(26)24-17(18(21)25)9-14-11-22-15-3-1-2-4-16(15)23-14/h1-8,11,17H,9H2,(H2,21,25)(H,24,26)/t17-/m0/s1. The molecular weight excluding hydrogens is 330 g/mol. The number of nitrogens with two attached hydrogens (primary N) is 1. The molecule has 1 heterocycles. The minimum absolute atomic E-state index is 0.134. The molecule has 0 radical (unpaired) electrons. The van der Waals surface area contributed by atoms with Crippen LogP contribution in [-0.4, -0.2) is 27.8 Å². The van der Waals surface area contributed by atoms with Gasteiger partial charge < -0.3 is 11.1 Å². The molecule has 2 aromatic carbocycles. The molecule has 0 saturated heterocycles. The van der Waals surface area contributed by atoms with Crippen molar-refractivity contribution in [1.29, 1.82) is 5.26 Å². The summed E-state index contributed by atoms with van der Waals surface area (Å²) in [6.45, 7) is 0. The van der Waals surface area contributed by atoms with E-state index in [0.717, 1.165) is 5.52 Å². The molecule has 7 nitrogen and oxygen atoms in total. The number of amides is 2. The molecule has 0 spiro atoms. The fourth-order valence-electron chi connectivity index (χ4n) is 2.46. The monoisotopic (exact) mass is 345 g/mol. The van der Waals surface area contributed by atoms with Gasteiger partial charge in [0.25, 0.3) is 5.91 Å². The summed E-state index contributed by atoms with van der Waals surface area (Å²) in [5.41, 5.74) is 8.19. The zero-order valence-corrected chi connectivity index (χ0v) is 13.7. The molecule has 0 fully saturated rings. The van der Waals surface area contributed by atoms with Gasteiger partial charge in [0.05, 0.1) is 28.4 Å². The number of hydrogen-bond donors (Lipinski definition) is 2. The van der Waals surface area contributed by atoms with E-state index >= 15 is 0 Å². The van der Waals surface area contributed by atoms with Gasteiger partial charge >= 0.3 is 0 Å². The lowest BCUT2D eigenvalue weighted by atomic mass is 10.1. The van der Waals surface area contributed by atoms with Gasteiger partial charge in [-0.05, 0) is 36.4 Å². The van der Waals surface area contributed by atoms with Crippen molar-refractivity contribution in [2.24, 2.45) is 5.73 Å². The predicted octanol–water partition coefficient (Wildman–Crippen LogP) is 1.33. The smallest absolute Gasteiger partial charge is 0.251 e. The number of nitrogens with zero attached hydrogens (tertiary/aromatic N) is 3. The van der Waals surface area contributed by atoms with Crippen LogP contribution in [0.3, 0.4) is 0 Å². The van der Waals surface area contributed by atoms with E-state index in [-0.39, 0.29) is 6.42 Å². The van der Waals surface area contributed by atoms with Crippen LogP contribution < -0.4 is 11.1 Å². The van der Waals surface area contributed by atoms with Gasteiger partial charge in [-0.1, -0.05) is 12.1 Å². The average Bonchev–Trinajstić information content (AvgIpc) is 2.67. The number of benzene rings is 2. The van der Waals surface area contributed by atoms with Crippen LogP contribution in [0.4, 0.5) is 0 Å². The van der Waals surface area contributed by atoms with E-state index in [1.165, 1.54) is 24.3 Å². The number of para-hydroxylation sites is 2. The lowest BCUT2D eigenvalue weighted by molar-refractivity contribution is -0.119. The molecule has 0 aliphatic heterocycles. The van der Waals surface area contributed by atoms with Crippen LogP contribution in [0.5, 0.6) is 0 Å². The minimum atomic E-state index is -0.923. The van der Waals surface area contributed by atoms with E-state index in [1.54, 1.807) is 6.20 Å².